The third-order valence-electron chi connectivity index (χ3n) is 3.97. The van der Waals surface area contributed by atoms with Crippen molar-refractivity contribution >= 4 is 0 Å². The fourth-order valence-corrected chi connectivity index (χ4v) is 2.84. The van der Waals surface area contributed by atoms with Crippen molar-refractivity contribution in [1.82, 2.24) is 9.80 Å². The molecule has 1 fully saturated rings. The van der Waals surface area contributed by atoms with Gasteiger partial charge in [0.15, 0.2) is 0 Å². The van der Waals surface area contributed by atoms with Crippen LogP contribution in [0.15, 0.2) is 18.2 Å². The first-order chi connectivity index (χ1) is 9.47. The summed E-state index contributed by atoms with van der Waals surface area (Å²) in [5, 5.41) is 0. The van der Waals surface area contributed by atoms with Crippen LogP contribution in [0.1, 0.15) is 24.9 Å². The van der Waals surface area contributed by atoms with E-state index in [1.165, 1.54) is 6.07 Å². The van der Waals surface area contributed by atoms with Crippen LogP contribution in [0.2, 0.25) is 0 Å². The summed E-state index contributed by atoms with van der Waals surface area (Å²) in [7, 11) is 2.10. The summed E-state index contributed by atoms with van der Waals surface area (Å²) in [5.74, 6) is -0.876. The Morgan fingerprint density at radius 3 is 2.85 bits per heavy atom. The van der Waals surface area contributed by atoms with Gasteiger partial charge in [0.05, 0.1) is 0 Å². The zero-order chi connectivity index (χ0) is 14.7. The topological polar surface area (TPSA) is 32.5 Å². The van der Waals surface area contributed by atoms with Crippen molar-refractivity contribution in [3.05, 3.63) is 35.4 Å². The van der Waals surface area contributed by atoms with Gasteiger partial charge in [0.25, 0.3) is 0 Å². The van der Waals surface area contributed by atoms with Gasteiger partial charge in [-0.25, -0.2) is 8.78 Å². The second-order valence-corrected chi connectivity index (χ2v) is 5.73. The molecule has 2 atom stereocenters. The van der Waals surface area contributed by atoms with E-state index in [1.54, 1.807) is 0 Å². The number of nitrogens with two attached hydrogens (primary N) is 1. The standard InChI is InChI=1S/C15H23F2N3/c1-11-9-19(2)6-3-7-20(11)10-15(18)13-8-12(16)4-5-14(13)17/h4-5,8,11,15H,3,6-7,9-10,18H2,1-2H3. The normalized spacial score (nSPS) is 23.6. The highest BCUT2D eigenvalue weighted by Gasteiger charge is 2.23. The zero-order valence-corrected chi connectivity index (χ0v) is 12.1. The molecular formula is C15H23F2N3. The SMILES string of the molecule is CC1CN(C)CCCN1CC(N)c1cc(F)ccc1F. The minimum Gasteiger partial charge on any atom is -0.323 e. The van der Waals surface area contributed by atoms with E-state index in [4.69, 9.17) is 5.73 Å². The van der Waals surface area contributed by atoms with Crippen LogP contribution in [-0.4, -0.2) is 49.1 Å². The van der Waals surface area contributed by atoms with Gasteiger partial charge in [0, 0.05) is 30.7 Å². The largest absolute Gasteiger partial charge is 0.323 e. The molecule has 1 aromatic carbocycles. The Bertz CT molecular complexity index is 453. The number of rotatable bonds is 3. The molecule has 2 unspecified atom stereocenters. The van der Waals surface area contributed by atoms with Crippen molar-refractivity contribution in [2.75, 3.05) is 33.2 Å². The van der Waals surface area contributed by atoms with Crippen LogP contribution in [0.4, 0.5) is 8.78 Å². The van der Waals surface area contributed by atoms with Crippen molar-refractivity contribution in [3.63, 3.8) is 0 Å². The lowest BCUT2D eigenvalue weighted by atomic mass is 10.1. The van der Waals surface area contributed by atoms with Gasteiger partial charge in [0.1, 0.15) is 11.6 Å². The van der Waals surface area contributed by atoms with E-state index in [-0.39, 0.29) is 5.56 Å². The van der Waals surface area contributed by atoms with Gasteiger partial charge in [-0.2, -0.15) is 0 Å². The predicted octanol–water partition coefficient (Wildman–Crippen LogP) is 1.99. The molecule has 0 radical (unpaired) electrons. The molecule has 0 saturated carbocycles. The van der Waals surface area contributed by atoms with Crippen LogP contribution >= 0.6 is 0 Å². The Morgan fingerprint density at radius 1 is 1.35 bits per heavy atom. The molecule has 20 heavy (non-hydrogen) atoms. The van der Waals surface area contributed by atoms with Gasteiger partial charge in [0.2, 0.25) is 0 Å². The van der Waals surface area contributed by atoms with Crippen molar-refractivity contribution in [2.24, 2.45) is 5.73 Å². The summed E-state index contributed by atoms with van der Waals surface area (Å²) in [4.78, 5) is 4.55. The van der Waals surface area contributed by atoms with E-state index < -0.39 is 17.7 Å². The summed E-state index contributed by atoms with van der Waals surface area (Å²) in [6.07, 6.45) is 1.07. The molecule has 5 heteroatoms. The number of likely N-dealkylation sites (N-methyl/N-ethyl adjacent to an activating group) is 1. The minimum absolute atomic E-state index is 0.259. The third-order valence-corrected chi connectivity index (χ3v) is 3.97. The number of nitrogens with zero attached hydrogens (tertiary/aromatic N) is 2. The average Bonchev–Trinajstić information content (AvgIpc) is 2.54. The highest BCUT2D eigenvalue weighted by Crippen LogP contribution is 2.19. The number of benzene rings is 1. The molecule has 0 spiro atoms. The van der Waals surface area contributed by atoms with E-state index in [0.717, 1.165) is 38.2 Å². The average molecular weight is 283 g/mol. The fourth-order valence-electron chi connectivity index (χ4n) is 2.84. The van der Waals surface area contributed by atoms with Gasteiger partial charge >= 0.3 is 0 Å². The molecule has 3 nitrogen and oxygen atoms in total. The van der Waals surface area contributed by atoms with Gasteiger partial charge in [-0.05, 0) is 51.7 Å². The van der Waals surface area contributed by atoms with Crippen molar-refractivity contribution in [1.29, 1.82) is 0 Å². The summed E-state index contributed by atoms with van der Waals surface area (Å²) in [5.41, 5.74) is 6.34. The molecule has 2 rings (SSSR count). The maximum Gasteiger partial charge on any atom is 0.128 e. The first-order valence-electron chi connectivity index (χ1n) is 7.10. The van der Waals surface area contributed by atoms with E-state index in [0.29, 0.717) is 12.6 Å². The quantitative estimate of drug-likeness (QED) is 0.921. The van der Waals surface area contributed by atoms with Crippen molar-refractivity contribution in [3.8, 4) is 0 Å². The van der Waals surface area contributed by atoms with E-state index in [9.17, 15) is 8.78 Å². The summed E-state index contributed by atoms with van der Waals surface area (Å²) in [6.45, 7) is 5.67. The summed E-state index contributed by atoms with van der Waals surface area (Å²) < 4.78 is 27.0. The molecule has 0 amide bonds. The van der Waals surface area contributed by atoms with E-state index in [2.05, 4.69) is 23.8 Å². The molecular weight excluding hydrogens is 260 g/mol. The predicted molar refractivity (Wildman–Crippen MR) is 76.4 cm³/mol. The monoisotopic (exact) mass is 283 g/mol. The molecule has 1 heterocycles. The van der Waals surface area contributed by atoms with Gasteiger partial charge in [-0.15, -0.1) is 0 Å². The van der Waals surface area contributed by atoms with Gasteiger partial charge in [-0.1, -0.05) is 0 Å². The Labute approximate surface area is 119 Å². The second-order valence-electron chi connectivity index (χ2n) is 5.73. The molecule has 0 aromatic heterocycles. The van der Waals surface area contributed by atoms with E-state index in [1.807, 2.05) is 0 Å². The lowest BCUT2D eigenvalue weighted by Crippen LogP contribution is -2.41. The van der Waals surface area contributed by atoms with Crippen LogP contribution in [0, 0.1) is 11.6 Å². The summed E-state index contributed by atoms with van der Waals surface area (Å²) >= 11 is 0. The van der Waals surface area contributed by atoms with Crippen LogP contribution in [0.25, 0.3) is 0 Å². The van der Waals surface area contributed by atoms with Crippen LogP contribution in [0.5, 0.6) is 0 Å². The highest BCUT2D eigenvalue weighted by molar-refractivity contribution is 5.22. The van der Waals surface area contributed by atoms with Gasteiger partial charge in [-0.3, -0.25) is 4.90 Å². The Kier molecular flexibility index (Phi) is 5.07. The molecule has 2 N–H and O–H groups in total. The Hall–Kier alpha value is -1.04. The fraction of sp³-hybridized carbons (Fsp3) is 0.600. The van der Waals surface area contributed by atoms with Crippen molar-refractivity contribution < 1.29 is 8.78 Å². The Morgan fingerprint density at radius 2 is 2.10 bits per heavy atom. The smallest absolute Gasteiger partial charge is 0.128 e. The molecule has 112 valence electrons. The lowest BCUT2D eigenvalue weighted by Gasteiger charge is -2.30. The second kappa shape index (κ2) is 6.61. The van der Waals surface area contributed by atoms with Gasteiger partial charge < -0.3 is 10.6 Å². The lowest BCUT2D eigenvalue weighted by molar-refractivity contribution is 0.191. The first kappa shape index (κ1) is 15.4. The van der Waals surface area contributed by atoms with Crippen LogP contribution in [0.3, 0.4) is 0 Å². The van der Waals surface area contributed by atoms with E-state index >= 15 is 0 Å². The molecule has 1 aromatic rings. The summed E-state index contributed by atoms with van der Waals surface area (Å²) in [6, 6.07) is 3.33. The molecule has 0 aliphatic carbocycles. The zero-order valence-electron chi connectivity index (χ0n) is 12.1. The van der Waals surface area contributed by atoms with Crippen LogP contribution < -0.4 is 5.73 Å². The maximum atomic E-state index is 13.7. The third kappa shape index (κ3) is 3.75. The highest BCUT2D eigenvalue weighted by atomic mass is 19.1. The molecule has 1 aliphatic heterocycles. The molecule has 1 aliphatic rings. The molecule has 0 bridgehead atoms. The van der Waals surface area contributed by atoms with Crippen LogP contribution in [-0.2, 0) is 0 Å². The number of halogens is 2. The number of hydrogen-bond donors (Lipinski definition) is 1. The molecule has 1 saturated heterocycles. The maximum absolute atomic E-state index is 13.7. The number of hydrogen-bond acceptors (Lipinski definition) is 3. The Balaban J connectivity index is 2.06. The minimum atomic E-state index is -0.503. The van der Waals surface area contributed by atoms with Crippen molar-refractivity contribution in [2.45, 2.75) is 25.4 Å². The first-order valence-corrected chi connectivity index (χ1v) is 7.10.